The summed E-state index contributed by atoms with van der Waals surface area (Å²) in [5.74, 6) is 0.859. The molecule has 1 N–H and O–H groups in total. The molecule has 0 aliphatic carbocycles. The molecule has 0 radical (unpaired) electrons. The zero-order valence-corrected chi connectivity index (χ0v) is 6.63. The van der Waals surface area contributed by atoms with Gasteiger partial charge in [0.2, 0.25) is 0 Å². The van der Waals surface area contributed by atoms with Crippen LogP contribution in [0, 0.1) is 5.92 Å². The number of nitrogens with one attached hydrogen (secondary N) is 1. The quantitative estimate of drug-likeness (QED) is 0.518. The summed E-state index contributed by atoms with van der Waals surface area (Å²) in [5, 5.41) is 3.21. The Labute approximate surface area is 61.8 Å². The number of hydrogen-bond donors (Lipinski definition) is 1. The molecule has 2 heteroatoms. The summed E-state index contributed by atoms with van der Waals surface area (Å²) in [6.45, 7) is 3.37. The van der Waals surface area contributed by atoms with Crippen molar-refractivity contribution in [2.75, 3.05) is 6.54 Å². The third-order valence-electron chi connectivity index (χ3n) is 1.82. The van der Waals surface area contributed by atoms with E-state index in [-0.39, 0.29) is 0 Å². The lowest BCUT2D eigenvalue weighted by Gasteiger charge is -2.01. The second kappa shape index (κ2) is 3.16. The van der Waals surface area contributed by atoms with Gasteiger partial charge in [0, 0.05) is 6.54 Å². The largest absolute Gasteiger partial charge is 0.380 e. The van der Waals surface area contributed by atoms with Gasteiger partial charge in [-0.1, -0.05) is 19.1 Å². The standard InChI is InChI=1S/C7H13NS/c1-6-2-3-7(9)8-5-4-6/h6H,2-5H2,1H3,(H,8,9). The smallest absolute Gasteiger partial charge is 0.0753 e. The molecular weight excluding hydrogens is 130 g/mol. The third-order valence-corrected chi connectivity index (χ3v) is 2.17. The Balaban J connectivity index is 2.34. The Bertz CT molecular complexity index is 111. The van der Waals surface area contributed by atoms with Crippen molar-refractivity contribution in [3.63, 3.8) is 0 Å². The van der Waals surface area contributed by atoms with E-state index >= 15 is 0 Å². The first-order valence-corrected chi connectivity index (χ1v) is 3.96. The summed E-state index contributed by atoms with van der Waals surface area (Å²) in [6, 6.07) is 0. The number of hydrogen-bond acceptors (Lipinski definition) is 1. The number of thiocarbonyl (C=S) groups is 1. The van der Waals surface area contributed by atoms with Crippen molar-refractivity contribution < 1.29 is 0 Å². The van der Waals surface area contributed by atoms with Crippen LogP contribution in [0.15, 0.2) is 0 Å². The van der Waals surface area contributed by atoms with E-state index in [0.717, 1.165) is 23.9 Å². The first-order valence-electron chi connectivity index (χ1n) is 3.56. The van der Waals surface area contributed by atoms with Gasteiger partial charge in [-0.3, -0.25) is 0 Å². The molecule has 1 rings (SSSR count). The maximum absolute atomic E-state index is 5.03. The van der Waals surface area contributed by atoms with Crippen molar-refractivity contribution in [3.05, 3.63) is 0 Å². The molecule has 0 spiro atoms. The molecule has 1 heterocycles. The SMILES string of the molecule is CC1CCNC(=S)CC1. The third kappa shape index (κ3) is 2.31. The molecule has 1 fully saturated rings. The second-order valence-corrected chi connectivity index (χ2v) is 3.28. The van der Waals surface area contributed by atoms with E-state index in [4.69, 9.17) is 12.2 Å². The Morgan fingerprint density at radius 1 is 1.56 bits per heavy atom. The Morgan fingerprint density at radius 2 is 2.33 bits per heavy atom. The molecule has 0 aromatic rings. The number of rotatable bonds is 0. The molecule has 1 nitrogen and oxygen atoms in total. The Kier molecular flexibility index (Phi) is 2.46. The van der Waals surface area contributed by atoms with Gasteiger partial charge in [0.15, 0.2) is 0 Å². The Morgan fingerprint density at radius 3 is 3.11 bits per heavy atom. The first kappa shape index (κ1) is 7.00. The van der Waals surface area contributed by atoms with E-state index in [2.05, 4.69) is 12.2 Å². The summed E-state index contributed by atoms with van der Waals surface area (Å²) >= 11 is 5.03. The predicted molar refractivity (Wildman–Crippen MR) is 43.6 cm³/mol. The predicted octanol–water partition coefficient (Wildman–Crippen LogP) is 1.72. The van der Waals surface area contributed by atoms with Gasteiger partial charge in [-0.05, 0) is 25.2 Å². The fraction of sp³-hybridized carbons (Fsp3) is 0.857. The summed E-state index contributed by atoms with van der Waals surface area (Å²) in [6.07, 6.45) is 3.64. The van der Waals surface area contributed by atoms with Gasteiger partial charge >= 0.3 is 0 Å². The van der Waals surface area contributed by atoms with Crippen LogP contribution in [0.2, 0.25) is 0 Å². The van der Waals surface area contributed by atoms with Crippen molar-refractivity contribution in [1.82, 2.24) is 5.32 Å². The molecule has 52 valence electrons. The molecule has 1 atom stereocenters. The van der Waals surface area contributed by atoms with Gasteiger partial charge in [0.05, 0.1) is 4.99 Å². The van der Waals surface area contributed by atoms with Crippen molar-refractivity contribution in [3.8, 4) is 0 Å². The van der Waals surface area contributed by atoms with Crippen LogP contribution >= 0.6 is 12.2 Å². The van der Waals surface area contributed by atoms with E-state index in [0.29, 0.717) is 0 Å². The van der Waals surface area contributed by atoms with Crippen LogP contribution in [0.25, 0.3) is 0 Å². The van der Waals surface area contributed by atoms with Gasteiger partial charge in [-0.25, -0.2) is 0 Å². The normalized spacial score (nSPS) is 29.0. The molecule has 0 amide bonds. The molecular formula is C7H13NS. The van der Waals surface area contributed by atoms with Crippen LogP contribution in [0.5, 0.6) is 0 Å². The lowest BCUT2D eigenvalue weighted by Crippen LogP contribution is -2.19. The van der Waals surface area contributed by atoms with E-state index in [9.17, 15) is 0 Å². The average Bonchev–Trinajstić information content (AvgIpc) is 1.97. The highest BCUT2D eigenvalue weighted by Crippen LogP contribution is 2.12. The fourth-order valence-electron chi connectivity index (χ4n) is 1.07. The lowest BCUT2D eigenvalue weighted by molar-refractivity contribution is 0.521. The van der Waals surface area contributed by atoms with Crippen LogP contribution in [0.4, 0.5) is 0 Å². The summed E-state index contributed by atoms with van der Waals surface area (Å²) in [7, 11) is 0. The monoisotopic (exact) mass is 143 g/mol. The van der Waals surface area contributed by atoms with E-state index in [1.54, 1.807) is 0 Å². The Hall–Kier alpha value is -0.110. The van der Waals surface area contributed by atoms with Gasteiger partial charge in [0.1, 0.15) is 0 Å². The molecule has 1 unspecified atom stereocenters. The van der Waals surface area contributed by atoms with Crippen LogP contribution in [-0.4, -0.2) is 11.5 Å². The minimum absolute atomic E-state index is 0.859. The second-order valence-electron chi connectivity index (χ2n) is 2.78. The maximum atomic E-state index is 5.03. The van der Waals surface area contributed by atoms with Gasteiger partial charge in [-0.15, -0.1) is 0 Å². The van der Waals surface area contributed by atoms with E-state index < -0.39 is 0 Å². The van der Waals surface area contributed by atoms with Crippen molar-refractivity contribution in [2.24, 2.45) is 5.92 Å². The highest BCUT2D eigenvalue weighted by atomic mass is 32.1. The highest BCUT2D eigenvalue weighted by Gasteiger charge is 2.08. The van der Waals surface area contributed by atoms with Crippen LogP contribution in [0.3, 0.4) is 0 Å². The first-order chi connectivity index (χ1) is 4.29. The minimum Gasteiger partial charge on any atom is -0.380 e. The van der Waals surface area contributed by atoms with Crippen molar-refractivity contribution >= 4 is 17.2 Å². The summed E-state index contributed by atoms with van der Waals surface area (Å²) in [4.78, 5) is 1.05. The molecule has 1 aliphatic rings. The van der Waals surface area contributed by atoms with Crippen molar-refractivity contribution in [2.45, 2.75) is 26.2 Å². The molecule has 0 aromatic heterocycles. The zero-order chi connectivity index (χ0) is 6.69. The topological polar surface area (TPSA) is 12.0 Å². The van der Waals surface area contributed by atoms with Crippen LogP contribution in [-0.2, 0) is 0 Å². The van der Waals surface area contributed by atoms with E-state index in [1.165, 1.54) is 12.8 Å². The van der Waals surface area contributed by atoms with Gasteiger partial charge < -0.3 is 5.32 Å². The molecule has 9 heavy (non-hydrogen) atoms. The van der Waals surface area contributed by atoms with Crippen molar-refractivity contribution in [1.29, 1.82) is 0 Å². The molecule has 1 aliphatic heterocycles. The minimum atomic E-state index is 0.859. The van der Waals surface area contributed by atoms with Crippen LogP contribution in [0.1, 0.15) is 26.2 Å². The van der Waals surface area contributed by atoms with Gasteiger partial charge in [-0.2, -0.15) is 0 Å². The molecule has 1 saturated heterocycles. The van der Waals surface area contributed by atoms with Gasteiger partial charge in [0.25, 0.3) is 0 Å². The lowest BCUT2D eigenvalue weighted by atomic mass is 10.0. The molecule has 0 aromatic carbocycles. The summed E-state index contributed by atoms with van der Waals surface area (Å²) < 4.78 is 0. The highest BCUT2D eigenvalue weighted by molar-refractivity contribution is 7.80. The van der Waals surface area contributed by atoms with Crippen LogP contribution < -0.4 is 5.32 Å². The summed E-state index contributed by atoms with van der Waals surface area (Å²) in [5.41, 5.74) is 0. The zero-order valence-electron chi connectivity index (χ0n) is 5.81. The molecule has 0 bridgehead atoms. The average molecular weight is 143 g/mol. The molecule has 0 saturated carbocycles. The van der Waals surface area contributed by atoms with E-state index in [1.807, 2.05) is 0 Å². The maximum Gasteiger partial charge on any atom is 0.0753 e. The fourth-order valence-corrected chi connectivity index (χ4v) is 1.29.